The standard InChI is InChI=1S/C19H24N2O3S2/c1-15(16-7-3-2-4-8-16)13-20-19(22)17-9-5-11-21(14-17)26(23,24)18-10-6-12-25-18/h2-4,6-8,10,12,15,17H,5,9,11,13-14H2,1H3,(H,20,22)/t15-,17+/m0/s1. The second kappa shape index (κ2) is 8.33. The highest BCUT2D eigenvalue weighted by Gasteiger charge is 2.33. The van der Waals surface area contributed by atoms with Crippen molar-refractivity contribution in [2.75, 3.05) is 19.6 Å². The van der Waals surface area contributed by atoms with E-state index < -0.39 is 10.0 Å². The average molecular weight is 393 g/mol. The number of rotatable bonds is 6. The van der Waals surface area contributed by atoms with Gasteiger partial charge < -0.3 is 5.32 Å². The van der Waals surface area contributed by atoms with Gasteiger partial charge in [0.25, 0.3) is 10.0 Å². The molecule has 1 aliphatic rings. The summed E-state index contributed by atoms with van der Waals surface area (Å²) in [6.45, 7) is 3.36. The summed E-state index contributed by atoms with van der Waals surface area (Å²) in [5.74, 6) is -0.130. The lowest BCUT2D eigenvalue weighted by molar-refractivity contribution is -0.126. The lowest BCUT2D eigenvalue weighted by Crippen LogP contribution is -2.45. The molecular weight excluding hydrogens is 368 g/mol. The SMILES string of the molecule is C[C@@H](CNC(=O)[C@@H]1CCCN(S(=O)(=O)c2cccs2)C1)c1ccccc1. The monoisotopic (exact) mass is 392 g/mol. The van der Waals surface area contributed by atoms with Gasteiger partial charge in [-0.3, -0.25) is 4.79 Å². The fourth-order valence-electron chi connectivity index (χ4n) is 3.21. The highest BCUT2D eigenvalue weighted by molar-refractivity contribution is 7.91. The Balaban J connectivity index is 1.58. The molecule has 26 heavy (non-hydrogen) atoms. The second-order valence-corrected chi connectivity index (χ2v) is 9.80. The van der Waals surface area contributed by atoms with E-state index in [0.717, 1.165) is 6.42 Å². The molecule has 1 amide bonds. The van der Waals surface area contributed by atoms with Crippen LogP contribution in [0.3, 0.4) is 0 Å². The molecule has 2 heterocycles. The van der Waals surface area contributed by atoms with Crippen LogP contribution in [0.1, 0.15) is 31.2 Å². The average Bonchev–Trinajstić information content (AvgIpc) is 3.22. The molecule has 1 fully saturated rings. The first-order chi connectivity index (χ1) is 12.5. The van der Waals surface area contributed by atoms with Gasteiger partial charge in [-0.05, 0) is 35.8 Å². The minimum Gasteiger partial charge on any atom is -0.355 e. The highest BCUT2D eigenvalue weighted by Crippen LogP contribution is 2.26. The molecule has 1 aliphatic heterocycles. The van der Waals surface area contributed by atoms with Gasteiger partial charge in [0.2, 0.25) is 5.91 Å². The van der Waals surface area contributed by atoms with Gasteiger partial charge >= 0.3 is 0 Å². The zero-order chi connectivity index (χ0) is 18.6. The Labute approximate surface area is 159 Å². The minimum atomic E-state index is -3.49. The Morgan fingerprint density at radius 1 is 1.27 bits per heavy atom. The van der Waals surface area contributed by atoms with Crippen LogP contribution in [-0.4, -0.2) is 38.3 Å². The predicted octanol–water partition coefficient (Wildman–Crippen LogP) is 3.07. The van der Waals surface area contributed by atoms with Crippen molar-refractivity contribution in [1.82, 2.24) is 9.62 Å². The van der Waals surface area contributed by atoms with E-state index in [2.05, 4.69) is 12.2 Å². The van der Waals surface area contributed by atoms with Crippen molar-refractivity contribution in [3.8, 4) is 0 Å². The fraction of sp³-hybridized carbons (Fsp3) is 0.421. The fourth-order valence-corrected chi connectivity index (χ4v) is 5.88. The molecule has 1 saturated heterocycles. The van der Waals surface area contributed by atoms with E-state index in [9.17, 15) is 13.2 Å². The number of carbonyl (C=O) groups is 1. The molecule has 0 aliphatic carbocycles. The van der Waals surface area contributed by atoms with E-state index in [1.807, 2.05) is 30.3 Å². The summed E-state index contributed by atoms with van der Waals surface area (Å²) < 4.78 is 27.1. The van der Waals surface area contributed by atoms with E-state index in [1.54, 1.807) is 17.5 Å². The number of benzene rings is 1. The van der Waals surface area contributed by atoms with Crippen molar-refractivity contribution in [3.63, 3.8) is 0 Å². The lowest BCUT2D eigenvalue weighted by atomic mass is 9.97. The number of sulfonamides is 1. The third-order valence-electron chi connectivity index (χ3n) is 4.80. The minimum absolute atomic E-state index is 0.0566. The molecule has 0 unspecified atom stereocenters. The van der Waals surface area contributed by atoms with Gasteiger partial charge in [0, 0.05) is 19.6 Å². The second-order valence-electron chi connectivity index (χ2n) is 6.69. The molecule has 0 spiro atoms. The van der Waals surface area contributed by atoms with Gasteiger partial charge in [-0.2, -0.15) is 4.31 Å². The number of hydrogen-bond acceptors (Lipinski definition) is 4. The van der Waals surface area contributed by atoms with Crippen LogP contribution >= 0.6 is 11.3 Å². The number of thiophene rings is 1. The molecule has 0 bridgehead atoms. The smallest absolute Gasteiger partial charge is 0.252 e. The number of nitrogens with one attached hydrogen (secondary N) is 1. The molecule has 0 radical (unpaired) electrons. The van der Waals surface area contributed by atoms with Crippen LogP contribution in [0.2, 0.25) is 0 Å². The van der Waals surface area contributed by atoms with Crippen molar-refractivity contribution in [2.24, 2.45) is 5.92 Å². The third kappa shape index (κ3) is 4.34. The Hall–Kier alpha value is -1.70. The van der Waals surface area contributed by atoms with E-state index >= 15 is 0 Å². The van der Waals surface area contributed by atoms with Gasteiger partial charge in [0.1, 0.15) is 4.21 Å². The van der Waals surface area contributed by atoms with Crippen LogP contribution in [-0.2, 0) is 14.8 Å². The number of carbonyl (C=O) groups excluding carboxylic acids is 1. The predicted molar refractivity (Wildman–Crippen MR) is 104 cm³/mol. The summed E-state index contributed by atoms with van der Waals surface area (Å²) in [6.07, 6.45) is 1.43. The Kier molecular flexibility index (Phi) is 6.11. The van der Waals surface area contributed by atoms with E-state index in [4.69, 9.17) is 0 Å². The van der Waals surface area contributed by atoms with Gasteiger partial charge in [0.05, 0.1) is 5.92 Å². The van der Waals surface area contributed by atoms with Crippen molar-refractivity contribution in [3.05, 3.63) is 53.4 Å². The number of piperidine rings is 1. The van der Waals surface area contributed by atoms with Crippen molar-refractivity contribution in [1.29, 1.82) is 0 Å². The third-order valence-corrected chi connectivity index (χ3v) is 8.03. The summed E-state index contributed by atoms with van der Waals surface area (Å²) in [5.41, 5.74) is 1.18. The topological polar surface area (TPSA) is 66.5 Å². The van der Waals surface area contributed by atoms with Crippen LogP contribution in [0, 0.1) is 5.92 Å². The number of nitrogens with zero attached hydrogens (tertiary/aromatic N) is 1. The van der Waals surface area contributed by atoms with Crippen LogP contribution in [0.4, 0.5) is 0 Å². The molecule has 2 atom stereocenters. The zero-order valence-corrected chi connectivity index (χ0v) is 16.4. The van der Waals surface area contributed by atoms with Crippen molar-refractivity contribution in [2.45, 2.75) is 29.9 Å². The summed E-state index contributed by atoms with van der Waals surface area (Å²) in [5, 5.41) is 4.76. The number of amides is 1. The first-order valence-electron chi connectivity index (χ1n) is 8.85. The van der Waals surface area contributed by atoms with Gasteiger partial charge in [-0.1, -0.05) is 43.3 Å². The molecule has 0 saturated carbocycles. The molecule has 1 aromatic heterocycles. The number of hydrogen-bond donors (Lipinski definition) is 1. The molecule has 5 nitrogen and oxygen atoms in total. The highest BCUT2D eigenvalue weighted by atomic mass is 32.2. The molecule has 3 rings (SSSR count). The largest absolute Gasteiger partial charge is 0.355 e. The van der Waals surface area contributed by atoms with Gasteiger partial charge in [-0.15, -0.1) is 11.3 Å². The maximum Gasteiger partial charge on any atom is 0.252 e. The Bertz CT molecular complexity index is 820. The van der Waals surface area contributed by atoms with E-state index in [0.29, 0.717) is 23.7 Å². The maximum atomic E-state index is 12.7. The van der Waals surface area contributed by atoms with Crippen LogP contribution in [0.25, 0.3) is 0 Å². The molecule has 1 N–H and O–H groups in total. The normalized spacial score (nSPS) is 19.8. The molecular formula is C19H24N2O3S2. The maximum absolute atomic E-state index is 12.7. The summed E-state index contributed by atoms with van der Waals surface area (Å²) in [6, 6.07) is 13.4. The van der Waals surface area contributed by atoms with Gasteiger partial charge in [0.15, 0.2) is 0 Å². The van der Waals surface area contributed by atoms with Crippen LogP contribution < -0.4 is 5.32 Å². The summed E-state index contributed by atoms with van der Waals surface area (Å²) in [4.78, 5) is 12.6. The Morgan fingerprint density at radius 2 is 2.04 bits per heavy atom. The summed E-state index contributed by atoms with van der Waals surface area (Å²) in [7, 11) is -3.49. The van der Waals surface area contributed by atoms with E-state index in [1.165, 1.54) is 21.2 Å². The van der Waals surface area contributed by atoms with Crippen molar-refractivity contribution >= 4 is 27.3 Å². The molecule has 140 valence electrons. The van der Waals surface area contributed by atoms with Crippen LogP contribution in [0.15, 0.2) is 52.1 Å². The summed E-state index contributed by atoms with van der Waals surface area (Å²) >= 11 is 1.21. The quantitative estimate of drug-likeness (QED) is 0.822. The molecule has 1 aromatic carbocycles. The Morgan fingerprint density at radius 3 is 2.73 bits per heavy atom. The van der Waals surface area contributed by atoms with Crippen molar-refractivity contribution < 1.29 is 13.2 Å². The zero-order valence-electron chi connectivity index (χ0n) is 14.8. The van der Waals surface area contributed by atoms with E-state index in [-0.39, 0.29) is 24.3 Å². The van der Waals surface area contributed by atoms with Gasteiger partial charge in [-0.25, -0.2) is 8.42 Å². The first-order valence-corrected chi connectivity index (χ1v) is 11.2. The molecule has 2 aromatic rings. The van der Waals surface area contributed by atoms with Crippen LogP contribution in [0.5, 0.6) is 0 Å². The first kappa shape index (κ1) is 19.1. The lowest BCUT2D eigenvalue weighted by Gasteiger charge is -2.31. The molecule has 7 heteroatoms.